The molecule has 6 nitrogen and oxygen atoms in total. The molecule has 2 unspecified atom stereocenters. The molecule has 24 heavy (non-hydrogen) atoms. The summed E-state index contributed by atoms with van der Waals surface area (Å²) in [6.45, 7) is -0.450. The van der Waals surface area contributed by atoms with Crippen LogP contribution < -0.4 is 5.32 Å². The Morgan fingerprint density at radius 3 is 2.38 bits per heavy atom. The van der Waals surface area contributed by atoms with Gasteiger partial charge >= 0.3 is 12.3 Å². The minimum absolute atomic E-state index is 0.0783. The van der Waals surface area contributed by atoms with Gasteiger partial charge in [0.2, 0.25) is 0 Å². The van der Waals surface area contributed by atoms with Crippen LogP contribution in [0.3, 0.4) is 0 Å². The lowest BCUT2D eigenvalue weighted by molar-refractivity contribution is -0.574. The predicted octanol–water partition coefficient (Wildman–Crippen LogP) is 2.22. The molecule has 11 heteroatoms. The van der Waals surface area contributed by atoms with Crippen LogP contribution >= 0.6 is 0 Å². The maximum atomic E-state index is 12.7. The van der Waals surface area contributed by atoms with E-state index in [1.54, 1.807) is 0 Å². The Kier molecular flexibility index (Phi) is 6.32. The number of rotatable bonds is 5. The molecular formula is C13H20F5N3O3. The minimum atomic E-state index is -4.25. The highest BCUT2D eigenvalue weighted by Gasteiger charge is 2.48. The van der Waals surface area contributed by atoms with Crippen LogP contribution in [0.15, 0.2) is 0 Å². The molecule has 1 N–H and O–H groups in total. The zero-order valence-electron chi connectivity index (χ0n) is 12.8. The summed E-state index contributed by atoms with van der Waals surface area (Å²) >= 11 is 0. The monoisotopic (exact) mass is 361 g/mol. The van der Waals surface area contributed by atoms with Crippen LogP contribution in [0.25, 0.3) is 0 Å². The summed E-state index contributed by atoms with van der Waals surface area (Å²) in [4.78, 5) is 12.2. The number of morpholine rings is 1. The lowest BCUT2D eigenvalue weighted by Gasteiger charge is -2.42. The van der Waals surface area contributed by atoms with Gasteiger partial charge in [0.15, 0.2) is 6.23 Å². The highest BCUT2D eigenvalue weighted by molar-refractivity contribution is 4.87. The van der Waals surface area contributed by atoms with Crippen molar-refractivity contribution >= 4 is 0 Å². The largest absolute Gasteiger partial charge is 0.391 e. The number of hydrogen-bond acceptors (Lipinski definition) is 5. The van der Waals surface area contributed by atoms with Crippen LogP contribution in [0, 0.1) is 16.0 Å². The molecule has 2 atom stereocenters. The second-order valence-electron chi connectivity index (χ2n) is 6.07. The molecule has 2 fully saturated rings. The van der Waals surface area contributed by atoms with Crippen molar-refractivity contribution in [3.05, 3.63) is 10.1 Å². The van der Waals surface area contributed by atoms with Crippen molar-refractivity contribution in [1.82, 2.24) is 10.2 Å². The molecule has 0 aromatic heterocycles. The van der Waals surface area contributed by atoms with Gasteiger partial charge in [0, 0.05) is 17.5 Å². The number of halogens is 5. The Morgan fingerprint density at radius 2 is 1.88 bits per heavy atom. The van der Waals surface area contributed by atoms with Crippen LogP contribution in [-0.2, 0) is 4.74 Å². The SMILES string of the molecule is O=[N+]([O-])C1C(NCC(F)F)OCCN1C1CCC(C(F)(F)F)CC1. The number of nitrogens with one attached hydrogen (secondary N) is 1. The van der Waals surface area contributed by atoms with Crippen molar-refractivity contribution in [3.8, 4) is 0 Å². The summed E-state index contributed by atoms with van der Waals surface area (Å²) in [5.74, 6) is -1.38. The molecular weight excluding hydrogens is 341 g/mol. The van der Waals surface area contributed by atoms with Crippen molar-refractivity contribution in [3.63, 3.8) is 0 Å². The van der Waals surface area contributed by atoms with Crippen molar-refractivity contribution in [2.45, 2.75) is 56.7 Å². The van der Waals surface area contributed by atoms with E-state index in [1.165, 1.54) is 4.90 Å². The van der Waals surface area contributed by atoms with Crippen LogP contribution in [0.2, 0.25) is 0 Å². The molecule has 0 amide bonds. The number of ether oxygens (including phenoxy) is 1. The quantitative estimate of drug-likeness (QED) is 0.462. The van der Waals surface area contributed by atoms with E-state index in [0.29, 0.717) is 0 Å². The first kappa shape index (κ1) is 19.3. The molecule has 2 aliphatic rings. The highest BCUT2D eigenvalue weighted by Crippen LogP contribution is 2.39. The summed E-state index contributed by atoms with van der Waals surface area (Å²) in [5, 5.41) is 13.7. The lowest BCUT2D eigenvalue weighted by atomic mass is 9.84. The van der Waals surface area contributed by atoms with Gasteiger partial charge in [-0.1, -0.05) is 0 Å². The maximum Gasteiger partial charge on any atom is 0.391 e. The average Bonchev–Trinajstić information content (AvgIpc) is 2.51. The molecule has 1 saturated carbocycles. The fourth-order valence-electron chi connectivity index (χ4n) is 3.41. The van der Waals surface area contributed by atoms with Crippen molar-refractivity contribution in [2.24, 2.45) is 5.92 Å². The molecule has 0 spiro atoms. The number of hydrogen-bond donors (Lipinski definition) is 1. The summed E-state index contributed by atoms with van der Waals surface area (Å²) in [5.41, 5.74) is 0. The van der Waals surface area contributed by atoms with E-state index in [9.17, 15) is 32.1 Å². The minimum Gasteiger partial charge on any atom is -0.353 e. The van der Waals surface area contributed by atoms with Crippen LogP contribution in [0.4, 0.5) is 22.0 Å². The van der Waals surface area contributed by atoms with Gasteiger partial charge in [-0.15, -0.1) is 0 Å². The van der Waals surface area contributed by atoms with Gasteiger partial charge in [-0.2, -0.15) is 13.2 Å². The second kappa shape index (κ2) is 7.87. The summed E-state index contributed by atoms with van der Waals surface area (Å²) in [7, 11) is 0. The average molecular weight is 361 g/mol. The Labute approximate surface area is 135 Å². The van der Waals surface area contributed by atoms with E-state index in [2.05, 4.69) is 5.32 Å². The molecule has 2 rings (SSSR count). The van der Waals surface area contributed by atoms with Gasteiger partial charge in [0.1, 0.15) is 0 Å². The van der Waals surface area contributed by atoms with Gasteiger partial charge < -0.3 is 4.74 Å². The van der Waals surface area contributed by atoms with E-state index in [-0.39, 0.29) is 44.9 Å². The van der Waals surface area contributed by atoms with Gasteiger partial charge in [0.25, 0.3) is 6.43 Å². The zero-order chi connectivity index (χ0) is 17.9. The van der Waals surface area contributed by atoms with Crippen molar-refractivity contribution in [2.75, 3.05) is 19.7 Å². The van der Waals surface area contributed by atoms with E-state index in [1.807, 2.05) is 0 Å². The Balaban J connectivity index is 2.01. The molecule has 140 valence electrons. The molecule has 0 aromatic rings. The molecule has 0 aromatic carbocycles. The first-order valence-corrected chi connectivity index (χ1v) is 7.79. The number of nitrogens with zero attached hydrogens (tertiary/aromatic N) is 2. The zero-order valence-corrected chi connectivity index (χ0v) is 12.8. The molecule has 1 aliphatic heterocycles. The molecule has 1 heterocycles. The predicted molar refractivity (Wildman–Crippen MR) is 73.0 cm³/mol. The Hall–Kier alpha value is -1.07. The third kappa shape index (κ3) is 4.73. The topological polar surface area (TPSA) is 67.6 Å². The lowest BCUT2D eigenvalue weighted by Crippen LogP contribution is -2.63. The van der Waals surface area contributed by atoms with Crippen LogP contribution in [0.5, 0.6) is 0 Å². The third-order valence-electron chi connectivity index (χ3n) is 4.58. The maximum absolute atomic E-state index is 12.7. The first-order chi connectivity index (χ1) is 11.2. The standard InChI is InChI=1S/C13H20F5N3O3/c14-10(15)7-19-11-12(21(22)23)20(5-6-24-11)9-3-1-8(2-4-9)13(16,17)18/h8-12,19H,1-7H2. The van der Waals surface area contributed by atoms with Crippen LogP contribution in [-0.4, -0.2) is 60.6 Å². The fourth-order valence-corrected chi connectivity index (χ4v) is 3.41. The normalized spacial score (nSPS) is 32.9. The molecule has 1 saturated heterocycles. The summed E-state index contributed by atoms with van der Waals surface area (Å²) in [6.07, 6.45) is -9.30. The fraction of sp³-hybridized carbons (Fsp3) is 1.00. The van der Waals surface area contributed by atoms with Crippen LogP contribution in [0.1, 0.15) is 25.7 Å². The van der Waals surface area contributed by atoms with E-state index in [0.717, 1.165) is 0 Å². The summed E-state index contributed by atoms with van der Waals surface area (Å²) in [6, 6.07) is -0.376. The summed E-state index contributed by atoms with van der Waals surface area (Å²) < 4.78 is 68.0. The highest BCUT2D eigenvalue weighted by atomic mass is 19.4. The molecule has 0 bridgehead atoms. The van der Waals surface area contributed by atoms with E-state index >= 15 is 0 Å². The van der Waals surface area contributed by atoms with Gasteiger partial charge in [-0.05, 0) is 25.7 Å². The number of alkyl halides is 5. The smallest absolute Gasteiger partial charge is 0.353 e. The van der Waals surface area contributed by atoms with E-state index in [4.69, 9.17) is 4.74 Å². The third-order valence-corrected chi connectivity index (χ3v) is 4.58. The first-order valence-electron chi connectivity index (χ1n) is 7.79. The second-order valence-corrected chi connectivity index (χ2v) is 6.07. The Morgan fingerprint density at radius 1 is 1.25 bits per heavy atom. The van der Waals surface area contributed by atoms with Crippen molar-refractivity contribution in [1.29, 1.82) is 0 Å². The van der Waals surface area contributed by atoms with Gasteiger partial charge in [-0.3, -0.25) is 15.4 Å². The van der Waals surface area contributed by atoms with E-state index < -0.39 is 42.4 Å². The molecule has 0 radical (unpaired) electrons. The van der Waals surface area contributed by atoms with Gasteiger partial charge in [0.05, 0.1) is 19.1 Å². The number of nitro groups is 1. The van der Waals surface area contributed by atoms with Crippen molar-refractivity contribution < 1.29 is 31.6 Å². The Bertz CT molecular complexity index is 430. The van der Waals surface area contributed by atoms with Gasteiger partial charge in [-0.25, -0.2) is 13.7 Å². The molecule has 1 aliphatic carbocycles.